The zero-order chi connectivity index (χ0) is 25.9. The summed E-state index contributed by atoms with van der Waals surface area (Å²) in [5, 5.41) is 0. The SMILES string of the molecule is COc1ccc(CN2C(=O)CN(C(C)=O)C(=O)/C2=C/c2cc(OC(C)C)c(OC)c(C)c2Br)cc1. The smallest absolute Gasteiger partial charge is 0.277 e. The van der Waals surface area contributed by atoms with Crippen LogP contribution in [-0.2, 0) is 20.9 Å². The van der Waals surface area contributed by atoms with E-state index < -0.39 is 11.8 Å². The van der Waals surface area contributed by atoms with Crippen LogP contribution in [0.4, 0.5) is 0 Å². The molecule has 0 radical (unpaired) electrons. The lowest BCUT2D eigenvalue weighted by molar-refractivity contribution is -0.153. The molecule has 2 aromatic carbocycles. The number of benzene rings is 2. The van der Waals surface area contributed by atoms with Crippen molar-refractivity contribution in [1.82, 2.24) is 9.80 Å². The van der Waals surface area contributed by atoms with Crippen LogP contribution in [0.5, 0.6) is 17.2 Å². The Morgan fingerprint density at radius 3 is 2.34 bits per heavy atom. The number of imide groups is 1. The second-order valence-corrected chi connectivity index (χ2v) is 9.16. The number of rotatable bonds is 7. The number of piperazine rings is 1. The Hall–Kier alpha value is -3.33. The number of carbonyl (C=O) groups is 3. The Bertz CT molecular complexity index is 1170. The first-order valence-corrected chi connectivity index (χ1v) is 11.9. The largest absolute Gasteiger partial charge is 0.497 e. The summed E-state index contributed by atoms with van der Waals surface area (Å²) < 4.78 is 17.4. The standard InChI is InChI=1S/C26H29BrN2O6/c1-15(2)35-22-12-19(24(27)16(3)25(22)34-6)11-21-26(32)28(17(4)30)14-23(31)29(21)13-18-7-9-20(33-5)10-8-18/h7-12,15H,13-14H2,1-6H3/b21-11-. The Balaban J connectivity index is 2.13. The lowest BCUT2D eigenvalue weighted by atomic mass is 10.1. The predicted molar refractivity (Wildman–Crippen MR) is 135 cm³/mol. The van der Waals surface area contributed by atoms with Crippen molar-refractivity contribution in [2.45, 2.75) is 40.3 Å². The lowest BCUT2D eigenvalue weighted by Gasteiger charge is -2.34. The maximum Gasteiger partial charge on any atom is 0.277 e. The monoisotopic (exact) mass is 544 g/mol. The third-order valence-electron chi connectivity index (χ3n) is 5.52. The predicted octanol–water partition coefficient (Wildman–Crippen LogP) is 4.32. The molecule has 1 saturated heterocycles. The number of hydrogen-bond acceptors (Lipinski definition) is 6. The molecule has 3 amide bonds. The van der Waals surface area contributed by atoms with Crippen LogP contribution in [0.25, 0.3) is 6.08 Å². The first kappa shape index (κ1) is 26.3. The summed E-state index contributed by atoms with van der Waals surface area (Å²) >= 11 is 3.59. The highest BCUT2D eigenvalue weighted by molar-refractivity contribution is 9.10. The molecule has 0 spiro atoms. The molecule has 0 atom stereocenters. The molecule has 2 aromatic rings. The van der Waals surface area contributed by atoms with Crippen LogP contribution < -0.4 is 14.2 Å². The fourth-order valence-electron chi connectivity index (χ4n) is 3.78. The van der Waals surface area contributed by atoms with Crippen LogP contribution in [0.2, 0.25) is 0 Å². The van der Waals surface area contributed by atoms with Gasteiger partial charge < -0.3 is 19.1 Å². The minimum atomic E-state index is -0.544. The van der Waals surface area contributed by atoms with Gasteiger partial charge >= 0.3 is 0 Å². The van der Waals surface area contributed by atoms with Crippen molar-refractivity contribution in [2.75, 3.05) is 20.8 Å². The van der Waals surface area contributed by atoms with Gasteiger partial charge in [-0.25, -0.2) is 0 Å². The van der Waals surface area contributed by atoms with E-state index in [1.54, 1.807) is 38.5 Å². The van der Waals surface area contributed by atoms with E-state index in [4.69, 9.17) is 14.2 Å². The summed E-state index contributed by atoms with van der Waals surface area (Å²) in [5.41, 5.74) is 2.29. The van der Waals surface area contributed by atoms with E-state index in [0.717, 1.165) is 16.0 Å². The van der Waals surface area contributed by atoms with Crippen molar-refractivity contribution in [1.29, 1.82) is 0 Å². The molecule has 1 heterocycles. The van der Waals surface area contributed by atoms with Crippen molar-refractivity contribution < 1.29 is 28.6 Å². The van der Waals surface area contributed by atoms with Crippen molar-refractivity contribution in [3.05, 3.63) is 57.2 Å². The molecule has 1 aliphatic rings. The highest BCUT2D eigenvalue weighted by Gasteiger charge is 2.37. The summed E-state index contributed by atoms with van der Waals surface area (Å²) in [6.07, 6.45) is 1.49. The van der Waals surface area contributed by atoms with E-state index in [1.807, 2.05) is 32.9 Å². The fraction of sp³-hybridized carbons (Fsp3) is 0.346. The van der Waals surface area contributed by atoms with Gasteiger partial charge in [0, 0.05) is 17.0 Å². The molecule has 0 bridgehead atoms. The van der Waals surface area contributed by atoms with Gasteiger partial charge in [-0.2, -0.15) is 0 Å². The van der Waals surface area contributed by atoms with Crippen molar-refractivity contribution in [3.63, 3.8) is 0 Å². The lowest BCUT2D eigenvalue weighted by Crippen LogP contribution is -2.53. The highest BCUT2D eigenvalue weighted by Crippen LogP contribution is 2.40. The third kappa shape index (κ3) is 5.67. The van der Waals surface area contributed by atoms with Gasteiger partial charge in [-0.15, -0.1) is 0 Å². The summed E-state index contributed by atoms with van der Waals surface area (Å²) in [4.78, 5) is 40.9. The van der Waals surface area contributed by atoms with Crippen molar-refractivity contribution >= 4 is 39.7 Å². The molecular formula is C26H29BrN2O6. The number of nitrogens with zero attached hydrogens (tertiary/aromatic N) is 2. The van der Waals surface area contributed by atoms with E-state index in [9.17, 15) is 14.4 Å². The van der Waals surface area contributed by atoms with Crippen LogP contribution in [0, 0.1) is 6.92 Å². The average molecular weight is 545 g/mol. The molecular weight excluding hydrogens is 516 g/mol. The number of amides is 3. The molecule has 0 aromatic heterocycles. The highest BCUT2D eigenvalue weighted by atomic mass is 79.9. The molecule has 9 heteroatoms. The minimum absolute atomic E-state index is 0.0908. The van der Waals surface area contributed by atoms with Crippen LogP contribution in [0.1, 0.15) is 37.5 Å². The Morgan fingerprint density at radius 1 is 1.14 bits per heavy atom. The van der Waals surface area contributed by atoms with E-state index in [0.29, 0.717) is 27.3 Å². The Morgan fingerprint density at radius 2 is 1.80 bits per heavy atom. The Labute approximate surface area is 213 Å². The summed E-state index contributed by atoms with van der Waals surface area (Å²) in [6.45, 7) is 6.78. The van der Waals surface area contributed by atoms with E-state index in [2.05, 4.69) is 15.9 Å². The van der Waals surface area contributed by atoms with Gasteiger partial charge in [0.2, 0.25) is 11.8 Å². The molecule has 3 rings (SSSR count). The van der Waals surface area contributed by atoms with Gasteiger partial charge in [0.05, 0.1) is 26.9 Å². The van der Waals surface area contributed by atoms with Gasteiger partial charge in [0.1, 0.15) is 18.0 Å². The van der Waals surface area contributed by atoms with Gasteiger partial charge in [-0.05, 0) is 72.1 Å². The zero-order valence-electron chi connectivity index (χ0n) is 20.7. The van der Waals surface area contributed by atoms with Crippen molar-refractivity contribution in [2.24, 2.45) is 0 Å². The van der Waals surface area contributed by atoms with Crippen LogP contribution in [-0.4, -0.2) is 54.4 Å². The fourth-order valence-corrected chi connectivity index (χ4v) is 4.19. The number of hydrogen-bond donors (Lipinski definition) is 0. The number of carbonyl (C=O) groups excluding carboxylic acids is 3. The topological polar surface area (TPSA) is 85.4 Å². The molecule has 1 fully saturated rings. The van der Waals surface area contributed by atoms with Crippen LogP contribution >= 0.6 is 15.9 Å². The number of ether oxygens (including phenoxy) is 3. The second-order valence-electron chi connectivity index (χ2n) is 8.37. The molecule has 0 N–H and O–H groups in total. The van der Waals surface area contributed by atoms with Gasteiger partial charge in [-0.3, -0.25) is 19.3 Å². The molecule has 0 unspecified atom stereocenters. The van der Waals surface area contributed by atoms with Crippen LogP contribution in [0.15, 0.2) is 40.5 Å². The van der Waals surface area contributed by atoms with E-state index >= 15 is 0 Å². The first-order chi connectivity index (χ1) is 16.6. The number of halogens is 1. The van der Waals surface area contributed by atoms with Crippen LogP contribution in [0.3, 0.4) is 0 Å². The molecule has 0 saturated carbocycles. The second kappa shape index (κ2) is 10.9. The maximum absolute atomic E-state index is 13.4. The summed E-state index contributed by atoms with van der Waals surface area (Å²) in [6, 6.07) is 8.98. The first-order valence-electron chi connectivity index (χ1n) is 11.1. The van der Waals surface area contributed by atoms with E-state index in [1.165, 1.54) is 11.8 Å². The third-order valence-corrected chi connectivity index (χ3v) is 6.57. The quantitative estimate of drug-likeness (QED) is 0.482. The Kier molecular flexibility index (Phi) is 8.22. The normalized spacial score (nSPS) is 15.1. The zero-order valence-corrected chi connectivity index (χ0v) is 22.3. The molecule has 0 aliphatic carbocycles. The molecule has 1 aliphatic heterocycles. The van der Waals surface area contributed by atoms with Gasteiger partial charge in [0.15, 0.2) is 11.5 Å². The minimum Gasteiger partial charge on any atom is -0.497 e. The van der Waals surface area contributed by atoms with Gasteiger partial charge in [-0.1, -0.05) is 12.1 Å². The number of methoxy groups -OCH3 is 2. The molecule has 8 nitrogen and oxygen atoms in total. The maximum atomic E-state index is 13.4. The average Bonchev–Trinajstić information content (AvgIpc) is 2.81. The molecule has 35 heavy (non-hydrogen) atoms. The van der Waals surface area contributed by atoms with Crippen molar-refractivity contribution in [3.8, 4) is 17.2 Å². The molecule has 186 valence electrons. The van der Waals surface area contributed by atoms with Gasteiger partial charge in [0.25, 0.3) is 5.91 Å². The van der Waals surface area contributed by atoms with E-state index in [-0.39, 0.29) is 30.8 Å². The summed E-state index contributed by atoms with van der Waals surface area (Å²) in [5.74, 6) is 0.365. The summed E-state index contributed by atoms with van der Waals surface area (Å²) in [7, 11) is 3.13.